The number of carbonyl (C=O) groups excluding carboxylic acids is 1. The molecule has 1 amide bonds. The maximum atomic E-state index is 13.3. The highest BCUT2D eigenvalue weighted by molar-refractivity contribution is 7.89. The Morgan fingerprint density at radius 1 is 1.31 bits per heavy atom. The molecular weight excluding hydrogens is 350 g/mol. The van der Waals surface area contributed by atoms with Gasteiger partial charge in [-0.3, -0.25) is 4.79 Å². The predicted octanol–water partition coefficient (Wildman–Crippen LogP) is 2.08. The number of aryl methyl sites for hydroxylation is 2. The van der Waals surface area contributed by atoms with E-state index < -0.39 is 15.9 Å². The maximum absolute atomic E-state index is 13.3. The Bertz CT molecular complexity index is 918. The fourth-order valence-electron chi connectivity index (χ4n) is 3.70. The molecule has 140 valence electrons. The van der Waals surface area contributed by atoms with Gasteiger partial charge in [0.15, 0.2) is 0 Å². The molecule has 2 aromatic rings. The second-order valence-electron chi connectivity index (χ2n) is 6.82. The zero-order chi connectivity index (χ0) is 18.9. The number of aromatic nitrogens is 1. The molecule has 0 saturated heterocycles. The molecule has 1 aliphatic rings. The lowest BCUT2D eigenvalue weighted by atomic mass is 9.88. The van der Waals surface area contributed by atoms with Gasteiger partial charge in [0.25, 0.3) is 5.91 Å². The molecular formula is C19H25N3O3S. The molecule has 6 nitrogen and oxygen atoms in total. The highest BCUT2D eigenvalue weighted by Gasteiger charge is 2.34. The summed E-state index contributed by atoms with van der Waals surface area (Å²) in [7, 11) is -2.07. The van der Waals surface area contributed by atoms with Crippen molar-refractivity contribution in [2.24, 2.45) is 12.8 Å². The van der Waals surface area contributed by atoms with Crippen LogP contribution >= 0.6 is 0 Å². The van der Waals surface area contributed by atoms with Crippen LogP contribution in [0.5, 0.6) is 0 Å². The number of hydrogen-bond acceptors (Lipinski definition) is 3. The minimum atomic E-state index is -3.70. The molecule has 3 rings (SSSR count). The minimum Gasteiger partial charge on any atom is -0.364 e. The summed E-state index contributed by atoms with van der Waals surface area (Å²) >= 11 is 0. The number of rotatable bonds is 6. The van der Waals surface area contributed by atoms with Gasteiger partial charge < -0.3 is 10.3 Å². The molecule has 0 aliphatic heterocycles. The molecule has 2 N–H and O–H groups in total. The van der Waals surface area contributed by atoms with Crippen LogP contribution in [0.3, 0.4) is 0 Å². The standard InChI is InChI=1S/C19H25N3O3S/c1-3-10-22(16-9-8-14-6-4-5-7-15(14)11-16)26(24,25)17-12-18(19(20)23)21(2)13-17/h4-7,12-13,16H,3,8-11H2,1-2H3,(H2,20,23)/t16-/m0/s1. The van der Waals surface area contributed by atoms with Crippen molar-refractivity contribution in [2.75, 3.05) is 6.54 Å². The average molecular weight is 375 g/mol. The van der Waals surface area contributed by atoms with E-state index in [0.717, 1.165) is 19.3 Å². The van der Waals surface area contributed by atoms with Crippen molar-refractivity contribution >= 4 is 15.9 Å². The molecule has 0 spiro atoms. The number of nitrogens with zero attached hydrogens (tertiary/aromatic N) is 2. The Balaban J connectivity index is 1.94. The first-order valence-electron chi connectivity index (χ1n) is 8.89. The van der Waals surface area contributed by atoms with Gasteiger partial charge in [0.2, 0.25) is 10.0 Å². The summed E-state index contributed by atoms with van der Waals surface area (Å²) in [6, 6.07) is 9.50. The Hall–Kier alpha value is -2.12. The first-order chi connectivity index (χ1) is 12.3. The third kappa shape index (κ3) is 3.41. The minimum absolute atomic E-state index is 0.0768. The van der Waals surface area contributed by atoms with Crippen LogP contribution in [-0.4, -0.2) is 35.8 Å². The van der Waals surface area contributed by atoms with E-state index in [9.17, 15) is 13.2 Å². The van der Waals surface area contributed by atoms with Crippen LogP contribution in [0, 0.1) is 0 Å². The van der Waals surface area contributed by atoms with Crippen molar-refractivity contribution in [3.8, 4) is 0 Å². The van der Waals surface area contributed by atoms with Gasteiger partial charge in [-0.15, -0.1) is 0 Å². The van der Waals surface area contributed by atoms with Crippen molar-refractivity contribution in [2.45, 2.75) is 43.5 Å². The lowest BCUT2D eigenvalue weighted by Crippen LogP contribution is -2.43. The van der Waals surface area contributed by atoms with Gasteiger partial charge in [-0.05, 0) is 42.9 Å². The SMILES string of the molecule is CCCN([C@H]1CCc2ccccc2C1)S(=O)(=O)c1cc(C(N)=O)n(C)c1. The van der Waals surface area contributed by atoms with Crippen LogP contribution < -0.4 is 5.73 Å². The van der Waals surface area contributed by atoms with E-state index in [-0.39, 0.29) is 16.6 Å². The molecule has 1 heterocycles. The number of nitrogens with two attached hydrogens (primary N) is 1. The largest absolute Gasteiger partial charge is 0.364 e. The summed E-state index contributed by atoms with van der Waals surface area (Å²) in [5, 5.41) is 0. The predicted molar refractivity (Wildman–Crippen MR) is 100 cm³/mol. The van der Waals surface area contributed by atoms with Crippen LogP contribution in [0.25, 0.3) is 0 Å². The normalized spacial score (nSPS) is 17.3. The second kappa shape index (κ2) is 7.25. The zero-order valence-electron chi connectivity index (χ0n) is 15.2. The van der Waals surface area contributed by atoms with E-state index >= 15 is 0 Å². The van der Waals surface area contributed by atoms with Crippen molar-refractivity contribution in [1.29, 1.82) is 0 Å². The Morgan fingerprint density at radius 2 is 2.00 bits per heavy atom. The zero-order valence-corrected chi connectivity index (χ0v) is 16.0. The number of carbonyl (C=O) groups is 1. The van der Waals surface area contributed by atoms with Gasteiger partial charge >= 0.3 is 0 Å². The summed E-state index contributed by atoms with van der Waals surface area (Å²) in [5.41, 5.74) is 8.04. The van der Waals surface area contributed by atoms with Crippen molar-refractivity contribution in [3.05, 3.63) is 53.3 Å². The number of benzene rings is 1. The highest BCUT2D eigenvalue weighted by atomic mass is 32.2. The summed E-state index contributed by atoms with van der Waals surface area (Å²) in [6.07, 6.45) is 4.58. The molecule has 0 saturated carbocycles. The number of sulfonamides is 1. The van der Waals surface area contributed by atoms with E-state index in [0.29, 0.717) is 13.0 Å². The van der Waals surface area contributed by atoms with Crippen LogP contribution in [0.15, 0.2) is 41.4 Å². The summed E-state index contributed by atoms with van der Waals surface area (Å²) in [4.78, 5) is 11.6. The number of amides is 1. The molecule has 0 unspecified atom stereocenters. The third-order valence-corrected chi connectivity index (χ3v) is 6.93. The van der Waals surface area contributed by atoms with Crippen molar-refractivity contribution in [1.82, 2.24) is 8.87 Å². The Labute approximate surface area is 154 Å². The lowest BCUT2D eigenvalue weighted by molar-refractivity contribution is 0.0992. The topological polar surface area (TPSA) is 85.4 Å². The summed E-state index contributed by atoms with van der Waals surface area (Å²) < 4.78 is 29.6. The van der Waals surface area contributed by atoms with Crippen LogP contribution in [0.1, 0.15) is 41.4 Å². The van der Waals surface area contributed by atoms with Gasteiger partial charge in [0.05, 0.1) is 0 Å². The monoisotopic (exact) mass is 375 g/mol. The van der Waals surface area contributed by atoms with E-state index in [2.05, 4.69) is 12.1 Å². The Kier molecular flexibility index (Phi) is 5.20. The number of primary amides is 1. The van der Waals surface area contributed by atoms with E-state index in [1.165, 1.54) is 28.0 Å². The number of fused-ring (bicyclic) bond motifs is 1. The fraction of sp³-hybridized carbons (Fsp3) is 0.421. The van der Waals surface area contributed by atoms with Gasteiger partial charge in [0, 0.05) is 25.8 Å². The highest BCUT2D eigenvalue weighted by Crippen LogP contribution is 2.29. The van der Waals surface area contributed by atoms with Gasteiger partial charge in [-0.25, -0.2) is 8.42 Å². The fourth-order valence-corrected chi connectivity index (χ4v) is 5.52. The average Bonchev–Trinajstić information content (AvgIpc) is 3.02. The smallest absolute Gasteiger partial charge is 0.265 e. The maximum Gasteiger partial charge on any atom is 0.265 e. The summed E-state index contributed by atoms with van der Waals surface area (Å²) in [6.45, 7) is 2.43. The molecule has 7 heteroatoms. The van der Waals surface area contributed by atoms with E-state index in [1.807, 2.05) is 19.1 Å². The molecule has 1 aromatic carbocycles. The first kappa shape index (κ1) is 18.7. The molecule has 26 heavy (non-hydrogen) atoms. The van der Waals surface area contributed by atoms with E-state index in [4.69, 9.17) is 5.73 Å². The van der Waals surface area contributed by atoms with Crippen LogP contribution in [-0.2, 0) is 29.9 Å². The molecule has 0 bridgehead atoms. The summed E-state index contributed by atoms with van der Waals surface area (Å²) in [5.74, 6) is -0.636. The quantitative estimate of drug-likeness (QED) is 0.839. The first-order valence-corrected chi connectivity index (χ1v) is 10.3. The van der Waals surface area contributed by atoms with Crippen LogP contribution in [0.4, 0.5) is 0 Å². The molecule has 1 aromatic heterocycles. The number of hydrogen-bond donors (Lipinski definition) is 1. The van der Waals surface area contributed by atoms with Crippen molar-refractivity contribution < 1.29 is 13.2 Å². The van der Waals surface area contributed by atoms with E-state index in [1.54, 1.807) is 11.4 Å². The molecule has 1 aliphatic carbocycles. The van der Waals surface area contributed by atoms with Gasteiger partial charge in [-0.1, -0.05) is 31.2 Å². The molecule has 1 atom stereocenters. The van der Waals surface area contributed by atoms with Crippen molar-refractivity contribution in [3.63, 3.8) is 0 Å². The van der Waals surface area contributed by atoms with Crippen LogP contribution in [0.2, 0.25) is 0 Å². The van der Waals surface area contributed by atoms with Gasteiger partial charge in [0.1, 0.15) is 10.6 Å². The second-order valence-corrected chi connectivity index (χ2v) is 8.71. The third-order valence-electron chi connectivity index (χ3n) is 5.01. The lowest BCUT2D eigenvalue weighted by Gasteiger charge is -2.34. The molecule has 0 radical (unpaired) electrons. The Morgan fingerprint density at radius 3 is 2.62 bits per heavy atom. The molecule has 0 fully saturated rings. The van der Waals surface area contributed by atoms with Gasteiger partial charge in [-0.2, -0.15) is 4.31 Å².